The second kappa shape index (κ2) is 27.2. The van der Waals surface area contributed by atoms with Crippen LogP contribution >= 0.6 is 0 Å². The van der Waals surface area contributed by atoms with Crippen LogP contribution < -0.4 is 18.9 Å². The zero-order chi connectivity index (χ0) is 47.1. The number of hydrogen-bond donors (Lipinski definition) is 0. The third kappa shape index (κ3) is 16.1. The van der Waals surface area contributed by atoms with Crippen LogP contribution in [-0.4, -0.2) is 25.0 Å². The summed E-state index contributed by atoms with van der Waals surface area (Å²) in [5, 5.41) is 0. The molecule has 7 nitrogen and oxygen atoms in total. The van der Waals surface area contributed by atoms with Gasteiger partial charge in [-0.05, 0) is 120 Å². The van der Waals surface area contributed by atoms with E-state index in [-0.39, 0.29) is 28.2 Å². The molecular formula is C60H68O7. The summed E-state index contributed by atoms with van der Waals surface area (Å²) in [6.07, 6.45) is 23.2. The highest BCUT2D eigenvalue weighted by atomic mass is 16.6. The van der Waals surface area contributed by atoms with Gasteiger partial charge in [0.25, 0.3) is 0 Å². The van der Waals surface area contributed by atoms with Crippen LogP contribution in [0, 0.1) is 0 Å². The summed E-state index contributed by atoms with van der Waals surface area (Å²) in [4.78, 5) is 39.7. The number of hydrogen-bond acceptors (Lipinski definition) is 7. The molecule has 0 aliphatic rings. The van der Waals surface area contributed by atoms with E-state index in [1.807, 2.05) is 24.3 Å². The highest BCUT2D eigenvalue weighted by Crippen LogP contribution is 2.31. The van der Waals surface area contributed by atoms with Gasteiger partial charge in [-0.25, -0.2) is 14.4 Å². The minimum absolute atomic E-state index is 0.100. The van der Waals surface area contributed by atoms with E-state index in [1.54, 1.807) is 42.5 Å². The fourth-order valence-electron chi connectivity index (χ4n) is 8.23. The van der Waals surface area contributed by atoms with Crippen molar-refractivity contribution in [2.45, 2.75) is 129 Å². The molecule has 0 spiro atoms. The Morgan fingerprint density at radius 3 is 1.12 bits per heavy atom. The fraction of sp³-hybridized carbons (Fsp3) is 0.350. The number of esters is 3. The molecule has 0 unspecified atom stereocenters. The van der Waals surface area contributed by atoms with Gasteiger partial charge in [0.05, 0.1) is 23.8 Å². The van der Waals surface area contributed by atoms with Crippen molar-refractivity contribution in [1.29, 1.82) is 0 Å². The zero-order valence-corrected chi connectivity index (χ0v) is 39.9. The van der Waals surface area contributed by atoms with Gasteiger partial charge in [0.2, 0.25) is 0 Å². The van der Waals surface area contributed by atoms with Crippen LogP contribution in [0.1, 0.15) is 159 Å². The lowest BCUT2D eigenvalue weighted by Crippen LogP contribution is -2.13. The Bertz CT molecular complexity index is 2430. The Balaban J connectivity index is 0.953. The smallest absolute Gasteiger partial charge is 0.343 e. The summed E-state index contributed by atoms with van der Waals surface area (Å²) in [7, 11) is 1.42. The van der Waals surface area contributed by atoms with Crippen LogP contribution in [0.4, 0.5) is 0 Å². The van der Waals surface area contributed by atoms with Gasteiger partial charge < -0.3 is 18.9 Å². The molecule has 0 bridgehead atoms. The Hall–Kier alpha value is -6.47. The molecule has 7 heteroatoms. The molecule has 350 valence electrons. The Morgan fingerprint density at radius 2 is 0.716 bits per heavy atom. The first-order valence-electron chi connectivity index (χ1n) is 24.7. The molecule has 67 heavy (non-hydrogen) atoms. The van der Waals surface area contributed by atoms with Crippen molar-refractivity contribution in [2.24, 2.45) is 0 Å². The maximum absolute atomic E-state index is 13.3. The summed E-state index contributed by atoms with van der Waals surface area (Å²) in [5.74, 6) is -0.863. The van der Waals surface area contributed by atoms with Gasteiger partial charge in [0.1, 0.15) is 11.5 Å². The van der Waals surface area contributed by atoms with Gasteiger partial charge in [-0.1, -0.05) is 183 Å². The third-order valence-corrected chi connectivity index (χ3v) is 12.3. The molecule has 0 aliphatic heterocycles. The first-order valence-corrected chi connectivity index (χ1v) is 24.7. The number of carbonyl (C=O) groups excluding carboxylic acids is 3. The number of carbonyl (C=O) groups is 3. The van der Waals surface area contributed by atoms with Gasteiger partial charge in [-0.3, -0.25) is 0 Å². The van der Waals surface area contributed by atoms with Gasteiger partial charge in [0, 0.05) is 0 Å². The molecule has 0 aromatic heterocycles. The Labute approximate surface area is 398 Å². The zero-order valence-electron chi connectivity index (χ0n) is 39.9. The van der Waals surface area contributed by atoms with Crippen LogP contribution in [0.3, 0.4) is 0 Å². The standard InChI is InChI=1S/C60H68O7/c1-4-6-8-10-12-14-16-18-21-45-25-29-47(30-26-45)49-33-38-54(39-34-49)65-58(61)51-23-20-24-52(43-51)60(63)67-56-42-37-53(44-57(56)64-3)59(62)66-55-40-35-50(36-41-55)48-31-27-46(28-32-48)22-19-17-15-13-11-9-7-5-2/h20,23-44H,4-19,21-22H2,1-3H3. The number of benzene rings is 6. The van der Waals surface area contributed by atoms with Gasteiger partial charge >= 0.3 is 17.9 Å². The lowest BCUT2D eigenvalue weighted by atomic mass is 10.0. The first-order chi connectivity index (χ1) is 32.8. The normalized spacial score (nSPS) is 11.0. The molecule has 0 fully saturated rings. The van der Waals surface area contributed by atoms with Crippen LogP contribution in [0.25, 0.3) is 22.3 Å². The molecule has 6 aromatic rings. The molecule has 0 N–H and O–H groups in total. The molecular weight excluding hydrogens is 833 g/mol. The summed E-state index contributed by atoms with van der Waals surface area (Å²) in [5.41, 5.74) is 7.48. The van der Waals surface area contributed by atoms with Crippen molar-refractivity contribution in [2.75, 3.05) is 7.11 Å². The predicted molar refractivity (Wildman–Crippen MR) is 271 cm³/mol. The summed E-state index contributed by atoms with van der Waals surface area (Å²) in [6.45, 7) is 4.51. The largest absolute Gasteiger partial charge is 0.493 e. The quantitative estimate of drug-likeness (QED) is 0.0289. The monoisotopic (exact) mass is 900 g/mol. The predicted octanol–water partition coefficient (Wildman–Crippen LogP) is 16.1. The van der Waals surface area contributed by atoms with Crippen molar-refractivity contribution in [3.8, 4) is 45.3 Å². The lowest BCUT2D eigenvalue weighted by molar-refractivity contribution is 0.0724. The number of unbranched alkanes of at least 4 members (excludes halogenated alkanes) is 14. The molecule has 0 atom stereocenters. The SMILES string of the molecule is CCCCCCCCCCc1ccc(-c2ccc(OC(=O)c3cccc(C(=O)Oc4ccc(C(=O)Oc5ccc(-c6ccc(CCCCCCCCCC)cc6)cc5)cc4OC)c3)cc2)cc1. The van der Waals surface area contributed by atoms with Crippen LogP contribution in [0.15, 0.2) is 140 Å². The van der Waals surface area contributed by atoms with Crippen LogP contribution in [-0.2, 0) is 12.8 Å². The average molecular weight is 901 g/mol. The molecule has 0 saturated heterocycles. The van der Waals surface area contributed by atoms with E-state index in [0.29, 0.717) is 11.5 Å². The highest BCUT2D eigenvalue weighted by Gasteiger charge is 2.19. The third-order valence-electron chi connectivity index (χ3n) is 12.3. The fourth-order valence-corrected chi connectivity index (χ4v) is 8.23. The summed E-state index contributed by atoms with van der Waals surface area (Å²) < 4.78 is 22.5. The topological polar surface area (TPSA) is 88.1 Å². The van der Waals surface area contributed by atoms with Crippen LogP contribution in [0.2, 0.25) is 0 Å². The second-order valence-electron chi connectivity index (χ2n) is 17.5. The molecule has 0 heterocycles. The first kappa shape index (κ1) is 50.0. The highest BCUT2D eigenvalue weighted by molar-refractivity contribution is 5.97. The van der Waals surface area contributed by atoms with E-state index in [9.17, 15) is 14.4 Å². The summed E-state index contributed by atoms with van der Waals surface area (Å²) in [6, 6.07) is 42.7. The summed E-state index contributed by atoms with van der Waals surface area (Å²) >= 11 is 0. The number of rotatable bonds is 27. The molecule has 0 aliphatic carbocycles. The minimum atomic E-state index is -0.713. The van der Waals surface area contributed by atoms with Gasteiger partial charge in [-0.15, -0.1) is 0 Å². The lowest BCUT2D eigenvalue weighted by Gasteiger charge is -2.12. The van der Waals surface area contributed by atoms with E-state index in [4.69, 9.17) is 18.9 Å². The Morgan fingerprint density at radius 1 is 0.358 bits per heavy atom. The number of aryl methyl sites for hydroxylation is 2. The van der Waals surface area contributed by atoms with Crippen molar-refractivity contribution < 1.29 is 33.3 Å². The minimum Gasteiger partial charge on any atom is -0.493 e. The molecule has 6 rings (SSSR count). The van der Waals surface area contributed by atoms with E-state index in [2.05, 4.69) is 62.4 Å². The molecule has 0 saturated carbocycles. The molecule has 6 aromatic carbocycles. The van der Waals surface area contributed by atoms with Crippen molar-refractivity contribution in [1.82, 2.24) is 0 Å². The molecule has 0 radical (unpaired) electrons. The van der Waals surface area contributed by atoms with E-state index in [0.717, 1.165) is 35.1 Å². The maximum atomic E-state index is 13.3. The van der Waals surface area contributed by atoms with Crippen LogP contribution in [0.5, 0.6) is 23.0 Å². The van der Waals surface area contributed by atoms with E-state index in [1.165, 1.54) is 145 Å². The van der Waals surface area contributed by atoms with Crippen molar-refractivity contribution in [3.63, 3.8) is 0 Å². The number of ether oxygens (including phenoxy) is 4. The average Bonchev–Trinajstić information content (AvgIpc) is 3.36. The van der Waals surface area contributed by atoms with E-state index >= 15 is 0 Å². The second-order valence-corrected chi connectivity index (χ2v) is 17.5. The van der Waals surface area contributed by atoms with Crippen molar-refractivity contribution >= 4 is 17.9 Å². The van der Waals surface area contributed by atoms with Gasteiger partial charge in [-0.2, -0.15) is 0 Å². The number of methoxy groups -OCH3 is 1. The van der Waals surface area contributed by atoms with Gasteiger partial charge in [0.15, 0.2) is 11.5 Å². The Kier molecular flexibility index (Phi) is 20.3. The molecule has 0 amide bonds. The maximum Gasteiger partial charge on any atom is 0.343 e. The van der Waals surface area contributed by atoms with Crippen molar-refractivity contribution in [3.05, 3.63) is 167 Å². The van der Waals surface area contributed by atoms with E-state index < -0.39 is 17.9 Å².